The first-order valence-electron chi connectivity index (χ1n) is 11.9. The van der Waals surface area contributed by atoms with Crippen molar-refractivity contribution in [3.8, 4) is 23.0 Å². The van der Waals surface area contributed by atoms with E-state index in [4.69, 9.17) is 24.7 Å². The van der Waals surface area contributed by atoms with Gasteiger partial charge in [0.05, 0.1) is 11.1 Å². The molecule has 1 radical (unpaired) electrons. The molecule has 13 heteroatoms. The first-order valence-corrected chi connectivity index (χ1v) is 11.9. The zero-order valence-electron chi connectivity index (χ0n) is 22.2. The molecule has 2 amide bonds. The van der Waals surface area contributed by atoms with Crippen molar-refractivity contribution in [3.05, 3.63) is 47.5 Å². The van der Waals surface area contributed by atoms with Gasteiger partial charge in [-0.2, -0.15) is 0 Å². The summed E-state index contributed by atoms with van der Waals surface area (Å²) in [5.41, 5.74) is 4.73. The van der Waals surface area contributed by atoms with Crippen LogP contribution in [0.3, 0.4) is 0 Å². The lowest BCUT2D eigenvalue weighted by Gasteiger charge is -2.27. The normalized spacial score (nSPS) is 11.0. The van der Waals surface area contributed by atoms with Crippen molar-refractivity contribution in [1.29, 1.82) is 0 Å². The van der Waals surface area contributed by atoms with E-state index in [1.807, 2.05) is 0 Å². The van der Waals surface area contributed by atoms with Gasteiger partial charge in [0.25, 0.3) is 11.8 Å². The fraction of sp³-hybridized carbons (Fsp3) is 0.296. The molecule has 0 fully saturated rings. The second-order valence-electron chi connectivity index (χ2n) is 8.19. The average molecular weight is 556 g/mol. The number of amides is 2. The number of hydrogen-bond donors (Lipinski definition) is 1. The van der Waals surface area contributed by atoms with Gasteiger partial charge in [-0.15, -0.1) is 0 Å². The number of benzene rings is 2. The number of ether oxygens (including phenoxy) is 4. The number of para-hydroxylation sites is 2. The zero-order chi connectivity index (χ0) is 30.0. The highest BCUT2D eigenvalue weighted by Gasteiger charge is 2.36. The molecule has 0 aromatic heterocycles. The molecule has 0 aliphatic carbocycles. The fourth-order valence-electron chi connectivity index (χ4n) is 3.52. The summed E-state index contributed by atoms with van der Waals surface area (Å²) in [5.74, 6) is -7.18. The second-order valence-corrected chi connectivity index (χ2v) is 8.19. The monoisotopic (exact) mass is 555 g/mol. The Balaban J connectivity index is 2.80. The molecule has 0 unspecified atom stereocenters. The van der Waals surface area contributed by atoms with Gasteiger partial charge in [-0.1, -0.05) is 12.1 Å². The quantitative estimate of drug-likeness (QED) is 0.241. The molecule has 0 heterocycles. The predicted octanol–water partition coefficient (Wildman–Crippen LogP) is 1.89. The molecular weight excluding hydrogens is 528 g/mol. The summed E-state index contributed by atoms with van der Waals surface area (Å²) >= 11 is 0. The summed E-state index contributed by atoms with van der Waals surface area (Å²) < 4.78 is 20.4. The molecule has 0 saturated heterocycles. The molecule has 2 aromatic carbocycles. The molecule has 0 spiro atoms. The Labute approximate surface area is 229 Å². The van der Waals surface area contributed by atoms with Crippen molar-refractivity contribution >= 4 is 42.0 Å². The average Bonchev–Trinajstić information content (AvgIpc) is 2.86. The van der Waals surface area contributed by atoms with Crippen molar-refractivity contribution in [3.63, 3.8) is 0 Å². The summed E-state index contributed by atoms with van der Waals surface area (Å²) in [5, 5.41) is 0. The third-order valence-corrected chi connectivity index (χ3v) is 4.98. The van der Waals surface area contributed by atoms with Crippen molar-refractivity contribution < 1.29 is 52.5 Å². The van der Waals surface area contributed by atoms with Crippen molar-refractivity contribution in [1.82, 2.24) is 4.90 Å². The summed E-state index contributed by atoms with van der Waals surface area (Å²) in [6.45, 7) is 4.35. The van der Waals surface area contributed by atoms with Gasteiger partial charge in [-0.3, -0.25) is 38.5 Å². The topological polar surface area (TPSA) is 186 Å². The lowest BCUT2D eigenvalue weighted by Crippen LogP contribution is -2.46. The standard InChI is InChI=1S/C27H27N2O11/c1-15(31)37-22-11-5-9-20(24(22)39-17(3)33)26(35)29(19(14-30)8-7-13-28)27(36)21-10-6-12-23(38-16(2)32)25(21)40-18(4)34/h5-6,9-12,19H,7-8,13,28H2,1-4H3/t19-/m1/s1. The van der Waals surface area contributed by atoms with E-state index < -0.39 is 64.4 Å². The summed E-state index contributed by atoms with van der Waals surface area (Å²) in [7, 11) is 0. The molecule has 0 saturated carbocycles. The number of hydrogen-bond acceptors (Lipinski definition) is 12. The molecule has 0 bridgehead atoms. The maximum atomic E-state index is 13.9. The minimum absolute atomic E-state index is 0.101. The Hall–Kier alpha value is -4.91. The van der Waals surface area contributed by atoms with Gasteiger partial charge in [0.15, 0.2) is 23.0 Å². The highest BCUT2D eigenvalue weighted by Crippen LogP contribution is 2.36. The van der Waals surface area contributed by atoms with Crippen LogP contribution in [0.1, 0.15) is 61.3 Å². The van der Waals surface area contributed by atoms with Crippen LogP contribution in [0.2, 0.25) is 0 Å². The Morgan fingerprint density at radius 3 is 1.45 bits per heavy atom. The van der Waals surface area contributed by atoms with E-state index in [1.165, 1.54) is 36.4 Å². The molecule has 40 heavy (non-hydrogen) atoms. The molecule has 13 nitrogen and oxygen atoms in total. The Kier molecular flexibility index (Phi) is 11.2. The highest BCUT2D eigenvalue weighted by atomic mass is 16.6. The first-order chi connectivity index (χ1) is 18.9. The van der Waals surface area contributed by atoms with Crippen LogP contribution in [0.4, 0.5) is 0 Å². The minimum atomic E-state index is -1.51. The molecular formula is C27H27N2O11. The minimum Gasteiger partial charge on any atom is -0.423 e. The van der Waals surface area contributed by atoms with Crippen LogP contribution in [-0.4, -0.2) is 59.5 Å². The van der Waals surface area contributed by atoms with Crippen molar-refractivity contribution in [2.75, 3.05) is 6.54 Å². The lowest BCUT2D eigenvalue weighted by atomic mass is 10.0. The summed E-state index contributed by atoms with van der Waals surface area (Å²) in [6, 6.07) is 5.96. The molecule has 2 aromatic rings. The van der Waals surface area contributed by atoms with E-state index in [0.29, 0.717) is 4.90 Å². The number of carbonyl (C=O) groups is 6. The van der Waals surface area contributed by atoms with Gasteiger partial charge >= 0.3 is 23.9 Å². The van der Waals surface area contributed by atoms with Crippen LogP contribution in [0.5, 0.6) is 23.0 Å². The summed E-state index contributed by atoms with van der Waals surface area (Å²) in [6.07, 6.45) is 1.74. The van der Waals surface area contributed by atoms with Gasteiger partial charge in [-0.05, 0) is 43.7 Å². The van der Waals surface area contributed by atoms with Crippen LogP contribution in [0, 0.1) is 0 Å². The zero-order valence-corrected chi connectivity index (χ0v) is 22.2. The maximum absolute atomic E-state index is 13.9. The van der Waals surface area contributed by atoms with E-state index in [-0.39, 0.29) is 30.9 Å². The number of esters is 4. The molecule has 0 aliphatic rings. The van der Waals surface area contributed by atoms with Crippen LogP contribution in [-0.2, 0) is 24.0 Å². The molecule has 2 N–H and O–H groups in total. The van der Waals surface area contributed by atoms with Crippen LogP contribution >= 0.6 is 0 Å². The maximum Gasteiger partial charge on any atom is 0.308 e. The van der Waals surface area contributed by atoms with Gasteiger partial charge < -0.3 is 24.7 Å². The Bertz CT molecular complexity index is 1240. The number of carbonyl (C=O) groups excluding carboxylic acids is 7. The first kappa shape index (κ1) is 31.3. The van der Waals surface area contributed by atoms with E-state index in [9.17, 15) is 33.6 Å². The number of nitrogens with zero attached hydrogens (tertiary/aromatic N) is 1. The Morgan fingerprint density at radius 1 is 0.725 bits per heavy atom. The van der Waals surface area contributed by atoms with Crippen LogP contribution in [0.25, 0.3) is 0 Å². The van der Waals surface area contributed by atoms with Crippen molar-refractivity contribution in [2.24, 2.45) is 5.73 Å². The SMILES string of the molecule is CC(=O)Oc1cccc(C(=O)N(C(=O)c2cccc(OC(C)=O)c2OC(C)=O)[C@@H]([C]=O)CCCN)c1OC(C)=O. The van der Waals surface area contributed by atoms with Crippen molar-refractivity contribution in [2.45, 2.75) is 46.6 Å². The summed E-state index contributed by atoms with van der Waals surface area (Å²) in [4.78, 5) is 87.3. The fourth-order valence-corrected chi connectivity index (χ4v) is 3.52. The van der Waals surface area contributed by atoms with Crippen LogP contribution < -0.4 is 24.7 Å². The van der Waals surface area contributed by atoms with Gasteiger partial charge in [0, 0.05) is 27.7 Å². The molecule has 1 atom stereocenters. The number of rotatable bonds is 11. The third-order valence-electron chi connectivity index (χ3n) is 4.98. The number of imide groups is 1. The predicted molar refractivity (Wildman–Crippen MR) is 136 cm³/mol. The van der Waals surface area contributed by atoms with E-state index in [1.54, 1.807) is 6.29 Å². The van der Waals surface area contributed by atoms with Gasteiger partial charge in [0.2, 0.25) is 6.29 Å². The van der Waals surface area contributed by atoms with E-state index >= 15 is 0 Å². The Morgan fingerprint density at radius 2 is 1.12 bits per heavy atom. The van der Waals surface area contributed by atoms with E-state index in [2.05, 4.69) is 0 Å². The smallest absolute Gasteiger partial charge is 0.308 e. The van der Waals surface area contributed by atoms with E-state index in [0.717, 1.165) is 27.7 Å². The highest BCUT2D eigenvalue weighted by molar-refractivity contribution is 6.14. The van der Waals surface area contributed by atoms with Gasteiger partial charge in [-0.25, -0.2) is 0 Å². The molecule has 2 rings (SSSR count). The second kappa shape index (κ2) is 14.3. The molecule has 211 valence electrons. The lowest BCUT2D eigenvalue weighted by molar-refractivity contribution is -0.134. The van der Waals surface area contributed by atoms with Gasteiger partial charge in [0.1, 0.15) is 6.04 Å². The largest absolute Gasteiger partial charge is 0.423 e. The molecule has 0 aliphatic heterocycles. The number of nitrogens with two attached hydrogens (primary N) is 1. The van der Waals surface area contributed by atoms with Crippen LogP contribution in [0.15, 0.2) is 36.4 Å². The third kappa shape index (κ3) is 8.04.